The molecule has 1 aliphatic heterocycles. The maximum Gasteiger partial charge on any atom is 0.322 e. The number of nitrogens with one attached hydrogen (secondary N) is 4. The van der Waals surface area contributed by atoms with E-state index >= 15 is 0 Å². The van der Waals surface area contributed by atoms with Crippen LogP contribution in [0.3, 0.4) is 0 Å². The normalized spacial score (nSPS) is 18.4. The number of urea groups is 1. The van der Waals surface area contributed by atoms with Crippen molar-refractivity contribution in [1.29, 1.82) is 0 Å². The lowest BCUT2D eigenvalue weighted by molar-refractivity contribution is -0.123. The standard InChI is InChI=1S/C20H20N4O5S/c1-3-10-21-30(28,29)16-9-4-6-13(11-16)17(25)22-15-8-5-7-14(12-15)20(2)18(26)23-19(27)24-20/h3-9,11-12,21H,1,10H2,2H3,(H,22,25)(H2,23,24,26,27)/t20-/m0/s1. The maximum absolute atomic E-state index is 12.6. The van der Waals surface area contributed by atoms with Gasteiger partial charge in [-0.15, -0.1) is 6.58 Å². The van der Waals surface area contributed by atoms with Crippen LogP contribution in [-0.2, 0) is 20.4 Å². The van der Waals surface area contributed by atoms with Gasteiger partial charge in [-0.05, 0) is 42.8 Å². The topological polar surface area (TPSA) is 133 Å². The van der Waals surface area contributed by atoms with Crippen LogP contribution in [-0.4, -0.2) is 32.8 Å². The first kappa shape index (κ1) is 21.2. The highest BCUT2D eigenvalue weighted by atomic mass is 32.2. The number of rotatable bonds is 7. The molecule has 4 N–H and O–H groups in total. The summed E-state index contributed by atoms with van der Waals surface area (Å²) in [6.45, 7) is 5.08. The Hall–Kier alpha value is -3.50. The van der Waals surface area contributed by atoms with Crippen molar-refractivity contribution in [3.63, 3.8) is 0 Å². The van der Waals surface area contributed by atoms with Crippen LogP contribution in [0.15, 0.2) is 66.1 Å². The predicted molar refractivity (Wildman–Crippen MR) is 110 cm³/mol. The molecular weight excluding hydrogens is 408 g/mol. The molecule has 156 valence electrons. The van der Waals surface area contributed by atoms with Crippen LogP contribution in [0.2, 0.25) is 0 Å². The molecule has 0 saturated carbocycles. The number of sulfonamides is 1. The molecule has 10 heteroatoms. The zero-order valence-electron chi connectivity index (χ0n) is 16.1. The fourth-order valence-corrected chi connectivity index (χ4v) is 3.96. The van der Waals surface area contributed by atoms with Gasteiger partial charge < -0.3 is 10.6 Å². The second kappa shape index (κ2) is 8.09. The second-order valence-electron chi connectivity index (χ2n) is 6.74. The van der Waals surface area contributed by atoms with Crippen LogP contribution in [0, 0.1) is 0 Å². The lowest BCUT2D eigenvalue weighted by atomic mass is 9.92. The molecule has 1 heterocycles. The van der Waals surface area contributed by atoms with Crippen LogP contribution in [0.1, 0.15) is 22.8 Å². The predicted octanol–water partition coefficient (Wildman–Crippen LogP) is 1.46. The second-order valence-corrected chi connectivity index (χ2v) is 8.50. The van der Waals surface area contributed by atoms with E-state index < -0.39 is 33.4 Å². The quantitative estimate of drug-likeness (QED) is 0.391. The van der Waals surface area contributed by atoms with Crippen molar-refractivity contribution in [3.8, 4) is 0 Å². The molecule has 0 aliphatic carbocycles. The summed E-state index contributed by atoms with van der Waals surface area (Å²) in [6.07, 6.45) is 1.41. The first-order chi connectivity index (χ1) is 14.2. The molecule has 1 aliphatic rings. The maximum atomic E-state index is 12.6. The minimum atomic E-state index is -3.77. The zero-order valence-corrected chi connectivity index (χ0v) is 16.9. The third kappa shape index (κ3) is 4.24. The fraction of sp³-hybridized carbons (Fsp3) is 0.150. The molecule has 1 fully saturated rings. The summed E-state index contributed by atoms with van der Waals surface area (Å²) in [4.78, 5) is 36.2. The fourth-order valence-electron chi connectivity index (χ4n) is 2.91. The average molecular weight is 428 g/mol. The SMILES string of the molecule is C=CCNS(=O)(=O)c1cccc(C(=O)Nc2cccc([C@]3(C)NC(=O)NC3=O)c2)c1. The average Bonchev–Trinajstić information content (AvgIpc) is 2.99. The largest absolute Gasteiger partial charge is 0.322 e. The van der Waals surface area contributed by atoms with Crippen molar-refractivity contribution in [3.05, 3.63) is 72.3 Å². The van der Waals surface area contributed by atoms with Gasteiger partial charge in [0, 0.05) is 17.8 Å². The molecule has 2 aromatic carbocycles. The molecule has 0 unspecified atom stereocenters. The Balaban J connectivity index is 1.82. The number of anilines is 1. The summed E-state index contributed by atoms with van der Waals surface area (Å²) in [5, 5.41) is 7.41. The number of carbonyl (C=O) groups is 3. The van der Waals surface area contributed by atoms with Gasteiger partial charge in [0.1, 0.15) is 5.54 Å². The van der Waals surface area contributed by atoms with Crippen molar-refractivity contribution in [1.82, 2.24) is 15.4 Å². The molecule has 2 aromatic rings. The third-order valence-corrected chi connectivity index (χ3v) is 5.99. The summed E-state index contributed by atoms with van der Waals surface area (Å²) < 4.78 is 26.8. The van der Waals surface area contributed by atoms with Crippen LogP contribution < -0.4 is 20.7 Å². The van der Waals surface area contributed by atoms with Crippen LogP contribution in [0.5, 0.6) is 0 Å². The number of imide groups is 1. The van der Waals surface area contributed by atoms with Crippen molar-refractivity contribution in [2.75, 3.05) is 11.9 Å². The number of hydrogen-bond donors (Lipinski definition) is 4. The molecule has 4 amide bonds. The zero-order chi connectivity index (χ0) is 21.9. The van der Waals surface area contributed by atoms with E-state index in [0.29, 0.717) is 11.3 Å². The van der Waals surface area contributed by atoms with E-state index in [-0.39, 0.29) is 17.0 Å². The van der Waals surface area contributed by atoms with Gasteiger partial charge in [0.25, 0.3) is 11.8 Å². The molecule has 9 nitrogen and oxygen atoms in total. The van der Waals surface area contributed by atoms with E-state index in [0.717, 1.165) is 0 Å². The van der Waals surface area contributed by atoms with Crippen molar-refractivity contribution < 1.29 is 22.8 Å². The van der Waals surface area contributed by atoms with Gasteiger partial charge in [-0.1, -0.05) is 24.3 Å². The monoisotopic (exact) mass is 428 g/mol. The number of hydrogen-bond acceptors (Lipinski definition) is 5. The molecule has 3 rings (SSSR count). The number of benzene rings is 2. The summed E-state index contributed by atoms with van der Waals surface area (Å²) >= 11 is 0. The van der Waals surface area contributed by atoms with E-state index in [9.17, 15) is 22.8 Å². The Labute approximate surface area is 173 Å². The molecule has 1 atom stereocenters. The number of amides is 4. The molecule has 0 bridgehead atoms. The van der Waals surface area contributed by atoms with E-state index in [1.54, 1.807) is 31.2 Å². The Morgan fingerprint density at radius 1 is 1.17 bits per heavy atom. The van der Waals surface area contributed by atoms with Crippen molar-refractivity contribution >= 4 is 33.6 Å². The van der Waals surface area contributed by atoms with Gasteiger partial charge in [-0.25, -0.2) is 17.9 Å². The first-order valence-electron chi connectivity index (χ1n) is 8.92. The molecular formula is C20H20N4O5S. The van der Waals surface area contributed by atoms with Gasteiger partial charge in [0.05, 0.1) is 4.90 Å². The molecule has 0 aromatic heterocycles. The van der Waals surface area contributed by atoms with E-state index in [2.05, 4.69) is 27.3 Å². The lowest BCUT2D eigenvalue weighted by Crippen LogP contribution is -2.40. The lowest BCUT2D eigenvalue weighted by Gasteiger charge is -2.21. The highest BCUT2D eigenvalue weighted by Crippen LogP contribution is 2.26. The molecule has 0 radical (unpaired) electrons. The summed E-state index contributed by atoms with van der Waals surface area (Å²) in [5.74, 6) is -1.03. The van der Waals surface area contributed by atoms with Crippen LogP contribution in [0.4, 0.5) is 10.5 Å². The van der Waals surface area contributed by atoms with Crippen molar-refractivity contribution in [2.45, 2.75) is 17.4 Å². The smallest absolute Gasteiger partial charge is 0.322 e. The molecule has 30 heavy (non-hydrogen) atoms. The molecule has 1 saturated heterocycles. The van der Waals surface area contributed by atoms with Gasteiger partial charge in [-0.3, -0.25) is 14.9 Å². The first-order valence-corrected chi connectivity index (χ1v) is 10.4. The van der Waals surface area contributed by atoms with Crippen LogP contribution in [0.25, 0.3) is 0 Å². The minimum Gasteiger partial charge on any atom is -0.322 e. The van der Waals surface area contributed by atoms with Crippen LogP contribution >= 0.6 is 0 Å². The highest BCUT2D eigenvalue weighted by molar-refractivity contribution is 7.89. The van der Waals surface area contributed by atoms with E-state index in [4.69, 9.17) is 0 Å². The third-order valence-electron chi connectivity index (χ3n) is 4.57. The minimum absolute atomic E-state index is 0.0522. The molecule has 0 spiro atoms. The summed E-state index contributed by atoms with van der Waals surface area (Å²) in [6, 6.07) is 11.5. The Kier molecular flexibility index (Phi) is 5.72. The van der Waals surface area contributed by atoms with E-state index in [1.165, 1.54) is 30.3 Å². The van der Waals surface area contributed by atoms with Gasteiger partial charge in [0.2, 0.25) is 10.0 Å². The van der Waals surface area contributed by atoms with E-state index in [1.807, 2.05) is 0 Å². The van der Waals surface area contributed by atoms with Gasteiger partial charge in [-0.2, -0.15) is 0 Å². The number of carbonyl (C=O) groups excluding carboxylic acids is 3. The Bertz CT molecular complexity index is 1150. The Morgan fingerprint density at radius 2 is 1.90 bits per heavy atom. The van der Waals surface area contributed by atoms with Crippen molar-refractivity contribution in [2.24, 2.45) is 0 Å². The summed E-state index contributed by atoms with van der Waals surface area (Å²) in [5.41, 5.74) is -0.262. The highest BCUT2D eigenvalue weighted by Gasteiger charge is 2.43. The van der Waals surface area contributed by atoms with Gasteiger partial charge >= 0.3 is 6.03 Å². The summed E-state index contributed by atoms with van der Waals surface area (Å²) in [7, 11) is -3.77. The Morgan fingerprint density at radius 3 is 2.57 bits per heavy atom. The van der Waals surface area contributed by atoms with Gasteiger partial charge in [0.15, 0.2) is 0 Å².